The van der Waals surface area contributed by atoms with Gasteiger partial charge >= 0.3 is 5.97 Å². The third-order valence-electron chi connectivity index (χ3n) is 6.85. The highest BCUT2D eigenvalue weighted by molar-refractivity contribution is 7.09. The molecule has 0 radical (unpaired) electrons. The highest BCUT2D eigenvalue weighted by Crippen LogP contribution is 2.31. The van der Waals surface area contributed by atoms with Gasteiger partial charge in [0, 0.05) is 28.5 Å². The number of carbonyl (C=O) groups excluding carboxylic acids is 2. The molecule has 5 atom stereocenters. The molecule has 37 heavy (non-hydrogen) atoms. The molecule has 0 fully saturated rings. The number of rotatable bonds is 4. The molecule has 1 aliphatic rings. The van der Waals surface area contributed by atoms with Gasteiger partial charge in [0.15, 0.2) is 0 Å². The van der Waals surface area contributed by atoms with Crippen LogP contribution in [-0.2, 0) is 20.9 Å². The molecule has 0 amide bonds. The minimum Gasteiger partial charge on any atom is -0.457 e. The number of carbonyl (C=O) groups is 2. The van der Waals surface area contributed by atoms with E-state index in [2.05, 4.69) is 15.0 Å². The molecule has 1 aromatic rings. The maximum Gasteiger partial charge on any atom is 0.309 e. The topological polar surface area (TPSA) is 145 Å². The van der Waals surface area contributed by atoms with Crippen LogP contribution < -0.4 is 0 Å². The number of hydrogen-bond acceptors (Lipinski definition) is 8. The highest BCUT2D eigenvalue weighted by atomic mass is 32.1. The van der Waals surface area contributed by atoms with Crippen LogP contribution >= 0.6 is 11.3 Å². The Morgan fingerprint density at radius 2 is 2.05 bits per heavy atom. The number of azide groups is 1. The molecule has 0 aliphatic carbocycles. The van der Waals surface area contributed by atoms with Crippen molar-refractivity contribution in [3.8, 4) is 0 Å². The quantitative estimate of drug-likeness (QED) is 0.172. The fraction of sp³-hybridized carbons (Fsp3) is 0.593. The number of ketones is 1. The van der Waals surface area contributed by atoms with Crippen LogP contribution in [0.15, 0.2) is 39.9 Å². The predicted molar refractivity (Wildman–Crippen MR) is 144 cm³/mol. The minimum absolute atomic E-state index is 0.169. The van der Waals surface area contributed by atoms with E-state index < -0.39 is 35.6 Å². The predicted octanol–water partition coefficient (Wildman–Crippen LogP) is 5.54. The number of aliphatic hydroxyl groups is 2. The van der Waals surface area contributed by atoms with Crippen molar-refractivity contribution >= 4 is 29.2 Å². The summed E-state index contributed by atoms with van der Waals surface area (Å²) >= 11 is 1.38. The summed E-state index contributed by atoms with van der Waals surface area (Å²) in [6, 6.07) is 0. The van der Waals surface area contributed by atoms with Crippen molar-refractivity contribution in [3.63, 3.8) is 0 Å². The van der Waals surface area contributed by atoms with E-state index in [0.717, 1.165) is 11.1 Å². The molecule has 0 unspecified atom stereocenters. The zero-order chi connectivity index (χ0) is 27.8. The van der Waals surface area contributed by atoms with E-state index in [-0.39, 0.29) is 24.7 Å². The maximum atomic E-state index is 13.2. The molecule has 202 valence electrons. The first-order valence-electron chi connectivity index (χ1n) is 12.4. The fourth-order valence-corrected chi connectivity index (χ4v) is 4.83. The lowest BCUT2D eigenvalue weighted by Gasteiger charge is -2.34. The molecule has 0 aromatic carbocycles. The normalized spacial score (nSPS) is 30.5. The molecule has 2 rings (SSSR count). The van der Waals surface area contributed by atoms with Crippen LogP contribution in [0.2, 0.25) is 0 Å². The van der Waals surface area contributed by atoms with E-state index in [1.807, 2.05) is 50.5 Å². The van der Waals surface area contributed by atoms with Crippen molar-refractivity contribution in [1.82, 2.24) is 4.98 Å². The van der Waals surface area contributed by atoms with Crippen molar-refractivity contribution in [2.24, 2.45) is 22.4 Å². The Bertz CT molecular complexity index is 1100. The summed E-state index contributed by atoms with van der Waals surface area (Å²) in [5.74, 6) is -1.90. The van der Waals surface area contributed by atoms with Gasteiger partial charge < -0.3 is 14.9 Å². The van der Waals surface area contributed by atoms with E-state index in [1.54, 1.807) is 20.8 Å². The van der Waals surface area contributed by atoms with Gasteiger partial charge in [-0.3, -0.25) is 9.59 Å². The van der Waals surface area contributed by atoms with E-state index >= 15 is 0 Å². The van der Waals surface area contributed by atoms with Gasteiger partial charge in [0.2, 0.25) is 0 Å². The molecular weight excluding hydrogens is 492 g/mol. The number of esters is 1. The second-order valence-electron chi connectivity index (χ2n) is 10.3. The smallest absolute Gasteiger partial charge is 0.309 e. The number of aliphatic hydroxyl groups excluding tert-OH is 2. The SMILES string of the molecule is C/C1=C/C[C@@H](/C(C)=C/c2csc(CN=[N+]=[N-])n2)OC(=O)C[C@H](O)C(C)(C)C(=O)[C@H](C)[C@@H](O)[C@@H](C)/C=C/C1. The standard InChI is InChI=1S/C27H38N4O5S/c1-16-8-7-9-17(2)25(34)19(4)26(35)27(5,6)22(32)13-24(33)36-21(11-10-16)18(3)12-20-15-37-23(30-20)14-29-31-28/h7,9-10,12,15,17,19,21-22,25,32,34H,8,11,13-14H2,1-6H3/b9-7+,16-10-,18-12+/t17-,19+,21-,22-,25-/m0/s1. The Morgan fingerprint density at radius 3 is 2.73 bits per heavy atom. The maximum absolute atomic E-state index is 13.2. The second kappa shape index (κ2) is 13.7. The monoisotopic (exact) mass is 530 g/mol. The van der Waals surface area contributed by atoms with Crippen LogP contribution in [0.5, 0.6) is 0 Å². The van der Waals surface area contributed by atoms with E-state index in [1.165, 1.54) is 11.3 Å². The van der Waals surface area contributed by atoms with Crippen molar-refractivity contribution in [2.45, 2.75) is 85.7 Å². The number of thiazole rings is 1. The first-order chi connectivity index (χ1) is 17.4. The van der Waals surface area contributed by atoms with Crippen LogP contribution in [0, 0.1) is 17.3 Å². The summed E-state index contributed by atoms with van der Waals surface area (Å²) in [5.41, 5.74) is 9.76. The van der Waals surface area contributed by atoms with Gasteiger partial charge in [0.1, 0.15) is 11.9 Å². The zero-order valence-electron chi connectivity index (χ0n) is 22.4. The molecular formula is C27H38N4O5S. The summed E-state index contributed by atoms with van der Waals surface area (Å²) in [5, 5.41) is 27.6. The number of ether oxygens (including phenoxy) is 1. The number of cyclic esters (lactones) is 1. The van der Waals surface area contributed by atoms with Crippen LogP contribution in [0.4, 0.5) is 0 Å². The summed E-state index contributed by atoms with van der Waals surface area (Å²) in [6.07, 6.45) is 5.66. The van der Waals surface area contributed by atoms with Gasteiger partial charge in [-0.05, 0) is 37.4 Å². The minimum atomic E-state index is -1.27. The fourth-order valence-electron chi connectivity index (χ4n) is 4.16. The Hall–Kier alpha value is -2.78. The Labute approximate surface area is 222 Å². The molecule has 1 aromatic heterocycles. The van der Waals surface area contributed by atoms with E-state index in [9.17, 15) is 19.8 Å². The van der Waals surface area contributed by atoms with Crippen molar-refractivity contribution < 1.29 is 24.5 Å². The Kier molecular flexibility index (Phi) is 11.3. The average molecular weight is 531 g/mol. The first-order valence-corrected chi connectivity index (χ1v) is 13.3. The third kappa shape index (κ3) is 8.64. The number of aromatic nitrogens is 1. The highest BCUT2D eigenvalue weighted by Gasteiger charge is 2.42. The average Bonchev–Trinajstić information content (AvgIpc) is 3.29. The van der Waals surface area contributed by atoms with Crippen LogP contribution in [0.1, 0.15) is 71.5 Å². The molecule has 10 heteroatoms. The van der Waals surface area contributed by atoms with Gasteiger partial charge in [0.05, 0.1) is 41.3 Å². The molecule has 9 nitrogen and oxygen atoms in total. The molecule has 0 saturated carbocycles. The van der Waals surface area contributed by atoms with Gasteiger partial charge in [-0.25, -0.2) is 4.98 Å². The van der Waals surface area contributed by atoms with E-state index in [4.69, 9.17) is 10.3 Å². The lowest BCUT2D eigenvalue weighted by molar-refractivity contribution is -0.154. The van der Waals surface area contributed by atoms with Crippen LogP contribution in [-0.4, -0.2) is 45.3 Å². The molecule has 2 heterocycles. The van der Waals surface area contributed by atoms with Crippen LogP contribution in [0.25, 0.3) is 16.5 Å². The van der Waals surface area contributed by atoms with Gasteiger partial charge in [-0.1, -0.05) is 56.6 Å². The third-order valence-corrected chi connectivity index (χ3v) is 7.70. The molecule has 0 bridgehead atoms. The van der Waals surface area contributed by atoms with Crippen molar-refractivity contribution in [3.05, 3.63) is 55.9 Å². The Balaban J connectivity index is 2.36. The number of allylic oxidation sites excluding steroid dienone is 2. The summed E-state index contributed by atoms with van der Waals surface area (Å²) in [4.78, 5) is 33.3. The molecule has 2 N–H and O–H groups in total. The molecule has 0 spiro atoms. The largest absolute Gasteiger partial charge is 0.457 e. The number of Topliss-reactive ketones (excluding diaryl/α,β-unsaturated/α-hetero) is 1. The van der Waals surface area contributed by atoms with Crippen LogP contribution in [0.3, 0.4) is 0 Å². The second-order valence-corrected chi connectivity index (χ2v) is 11.2. The van der Waals surface area contributed by atoms with Crippen molar-refractivity contribution in [1.29, 1.82) is 0 Å². The molecule has 0 saturated heterocycles. The lowest BCUT2D eigenvalue weighted by atomic mass is 9.73. The summed E-state index contributed by atoms with van der Waals surface area (Å²) in [6.45, 7) is 10.7. The summed E-state index contributed by atoms with van der Waals surface area (Å²) in [7, 11) is 0. The van der Waals surface area contributed by atoms with Crippen molar-refractivity contribution in [2.75, 3.05) is 0 Å². The summed E-state index contributed by atoms with van der Waals surface area (Å²) < 4.78 is 5.79. The lowest BCUT2D eigenvalue weighted by Crippen LogP contribution is -2.45. The van der Waals surface area contributed by atoms with Gasteiger partial charge in [-0.2, -0.15) is 0 Å². The van der Waals surface area contributed by atoms with Gasteiger partial charge in [-0.15, -0.1) is 11.3 Å². The Morgan fingerprint density at radius 1 is 1.35 bits per heavy atom. The van der Waals surface area contributed by atoms with Gasteiger partial charge in [0.25, 0.3) is 0 Å². The number of nitrogens with zero attached hydrogens (tertiary/aromatic N) is 4. The zero-order valence-corrected chi connectivity index (χ0v) is 23.2. The molecule has 1 aliphatic heterocycles. The van der Waals surface area contributed by atoms with E-state index in [0.29, 0.717) is 23.5 Å². The first kappa shape index (κ1) is 30.4. The number of hydrogen-bond donors (Lipinski definition) is 2.